The number of nitrogens with one attached hydrogen (secondary N) is 1. The van der Waals surface area contributed by atoms with Gasteiger partial charge in [-0.15, -0.1) is 0 Å². The quantitative estimate of drug-likeness (QED) is 0.267. The molecule has 2 aromatic heterocycles. The Hall–Kier alpha value is -2.73. The standard InChI is InChI=1S/C26H32N7O5P/c1-4-26-13-35-20(21(26)38-39-33-12-8-11-17(33)19(37-39)16-9-6-5-7-10-16)24(36-26)32-15-27-18-22(32)29-25(30-23(18)34)28-14-31(2)3/h5-7,9-10,14-15,17,19-21,24H,4,8,11-13H2,1-3H3,(H,29,30,34)/t17-,19+,20+,21?,24-,26-,39+/m1/s1. The van der Waals surface area contributed by atoms with Crippen molar-refractivity contribution in [2.75, 3.05) is 27.2 Å². The highest BCUT2D eigenvalue weighted by atomic mass is 31.2. The molecule has 4 aliphatic heterocycles. The number of hydrogen-bond acceptors (Lipinski definition) is 9. The van der Waals surface area contributed by atoms with Gasteiger partial charge in [-0.3, -0.25) is 14.3 Å². The van der Waals surface area contributed by atoms with E-state index in [0.717, 1.165) is 19.4 Å². The van der Waals surface area contributed by atoms with Crippen LogP contribution in [0, 0.1) is 0 Å². The molecule has 1 unspecified atom stereocenters. The fraction of sp³-hybridized carbons (Fsp3) is 0.538. The predicted octanol–water partition coefficient (Wildman–Crippen LogP) is 3.27. The molecular formula is C26H32N7O5P. The van der Waals surface area contributed by atoms with Crippen LogP contribution in [0.5, 0.6) is 0 Å². The number of aromatic nitrogens is 4. The Kier molecular flexibility index (Phi) is 6.30. The maximum absolute atomic E-state index is 12.7. The largest absolute Gasteiger partial charge is 0.369 e. The van der Waals surface area contributed by atoms with Crippen LogP contribution in [-0.4, -0.2) is 86.5 Å². The Morgan fingerprint density at radius 3 is 2.97 bits per heavy atom. The zero-order chi connectivity index (χ0) is 26.7. The molecule has 12 nitrogen and oxygen atoms in total. The molecule has 206 valence electrons. The van der Waals surface area contributed by atoms with Gasteiger partial charge in [-0.1, -0.05) is 37.3 Å². The summed E-state index contributed by atoms with van der Waals surface area (Å²) in [6.07, 6.45) is 4.79. The van der Waals surface area contributed by atoms with Crippen molar-refractivity contribution < 1.29 is 18.5 Å². The van der Waals surface area contributed by atoms with Crippen molar-refractivity contribution in [2.24, 2.45) is 4.99 Å². The van der Waals surface area contributed by atoms with Crippen LogP contribution in [0.25, 0.3) is 11.2 Å². The number of aliphatic imine (C=N–C) groups is 1. The summed E-state index contributed by atoms with van der Waals surface area (Å²) in [7, 11) is 2.40. The monoisotopic (exact) mass is 553 g/mol. The fourth-order valence-electron chi connectivity index (χ4n) is 6.06. The van der Waals surface area contributed by atoms with E-state index in [2.05, 4.69) is 55.8 Å². The number of aromatic amines is 1. The van der Waals surface area contributed by atoms with Gasteiger partial charge in [0.15, 0.2) is 17.4 Å². The fourth-order valence-corrected chi connectivity index (χ4v) is 8.10. The van der Waals surface area contributed by atoms with E-state index < -0.39 is 26.5 Å². The molecule has 1 N–H and O–H groups in total. The molecule has 3 aromatic rings. The van der Waals surface area contributed by atoms with Crippen LogP contribution in [0.4, 0.5) is 5.95 Å². The minimum Gasteiger partial charge on any atom is -0.369 e. The Morgan fingerprint density at radius 2 is 2.18 bits per heavy atom. The van der Waals surface area contributed by atoms with Gasteiger partial charge in [0.2, 0.25) is 5.95 Å². The normalized spacial score (nSPS) is 34.0. The summed E-state index contributed by atoms with van der Waals surface area (Å²) in [5.41, 5.74) is 0.804. The maximum Gasteiger partial charge on any atom is 0.280 e. The Bertz CT molecular complexity index is 1450. The van der Waals surface area contributed by atoms with Gasteiger partial charge < -0.3 is 23.4 Å². The number of rotatable bonds is 7. The minimum atomic E-state index is -1.29. The lowest BCUT2D eigenvalue weighted by Crippen LogP contribution is -2.41. The summed E-state index contributed by atoms with van der Waals surface area (Å²) in [6.45, 7) is 3.47. The average Bonchev–Trinajstić information content (AvgIpc) is 3.75. The highest BCUT2D eigenvalue weighted by Crippen LogP contribution is 2.63. The molecule has 4 fully saturated rings. The summed E-state index contributed by atoms with van der Waals surface area (Å²) in [5.74, 6) is 0.194. The van der Waals surface area contributed by atoms with E-state index in [9.17, 15) is 4.79 Å². The van der Waals surface area contributed by atoms with Gasteiger partial charge in [-0.05, 0) is 24.8 Å². The second-order valence-electron chi connectivity index (χ2n) is 10.7. The van der Waals surface area contributed by atoms with Gasteiger partial charge in [0.1, 0.15) is 23.9 Å². The second-order valence-corrected chi connectivity index (χ2v) is 12.1. The van der Waals surface area contributed by atoms with E-state index >= 15 is 0 Å². The molecule has 0 aliphatic carbocycles. The first-order valence-corrected chi connectivity index (χ1v) is 14.5. The number of H-pyrrole nitrogens is 1. The molecule has 0 amide bonds. The highest BCUT2D eigenvalue weighted by Gasteiger charge is 2.64. The summed E-state index contributed by atoms with van der Waals surface area (Å²) in [4.78, 5) is 30.3. The molecule has 0 radical (unpaired) electrons. The van der Waals surface area contributed by atoms with Crippen LogP contribution in [0.2, 0.25) is 0 Å². The lowest BCUT2D eigenvalue weighted by atomic mass is 9.96. The third-order valence-electron chi connectivity index (χ3n) is 8.04. The van der Waals surface area contributed by atoms with Crippen molar-refractivity contribution in [3.63, 3.8) is 0 Å². The molecule has 7 rings (SSSR count). The lowest BCUT2D eigenvalue weighted by Gasteiger charge is -2.31. The molecule has 1 aromatic carbocycles. The number of nitrogens with zero attached hydrogens (tertiary/aromatic N) is 6. The van der Waals surface area contributed by atoms with Crippen LogP contribution < -0.4 is 5.56 Å². The second kappa shape index (κ2) is 9.72. The van der Waals surface area contributed by atoms with Crippen LogP contribution in [0.3, 0.4) is 0 Å². The van der Waals surface area contributed by atoms with Crippen molar-refractivity contribution in [3.8, 4) is 0 Å². The SMILES string of the molecule is CC[C@@]12CO[C@@H](C1O[P@]1O[C@@H](c3ccccc3)[C@H]3CCCN31)[C@H](n1cnc3c(=O)[nH]c(N=CN(C)C)nc31)O2. The third-order valence-corrected chi connectivity index (χ3v) is 9.77. The van der Waals surface area contributed by atoms with Gasteiger partial charge in [0.05, 0.1) is 19.3 Å². The highest BCUT2D eigenvalue weighted by molar-refractivity contribution is 7.45. The van der Waals surface area contributed by atoms with Gasteiger partial charge in [-0.2, -0.15) is 4.98 Å². The van der Waals surface area contributed by atoms with Crippen molar-refractivity contribution in [1.29, 1.82) is 0 Å². The van der Waals surface area contributed by atoms with Crippen molar-refractivity contribution in [2.45, 2.75) is 62.4 Å². The summed E-state index contributed by atoms with van der Waals surface area (Å²) >= 11 is 0. The van der Waals surface area contributed by atoms with Crippen molar-refractivity contribution in [1.82, 2.24) is 29.1 Å². The zero-order valence-electron chi connectivity index (χ0n) is 22.1. The average molecular weight is 554 g/mol. The molecule has 0 saturated carbocycles. The number of benzene rings is 1. The van der Waals surface area contributed by atoms with Crippen LogP contribution in [0.1, 0.15) is 44.1 Å². The molecule has 7 atom stereocenters. The third kappa shape index (κ3) is 4.13. The van der Waals surface area contributed by atoms with E-state index in [0.29, 0.717) is 24.7 Å². The minimum absolute atomic E-state index is 0.0104. The van der Waals surface area contributed by atoms with Crippen LogP contribution >= 0.6 is 8.53 Å². The lowest BCUT2D eigenvalue weighted by molar-refractivity contribution is -0.172. The smallest absolute Gasteiger partial charge is 0.280 e. The number of imidazole rings is 1. The topological polar surface area (TPSA) is 119 Å². The van der Waals surface area contributed by atoms with Crippen molar-refractivity contribution >= 4 is 32.0 Å². The number of fused-ring (bicyclic) bond motifs is 4. The van der Waals surface area contributed by atoms with Crippen LogP contribution in [-0.2, 0) is 18.5 Å². The molecule has 0 spiro atoms. The first-order valence-electron chi connectivity index (χ1n) is 13.4. The van der Waals surface area contributed by atoms with Crippen LogP contribution in [0.15, 0.2) is 46.4 Å². The van der Waals surface area contributed by atoms with Crippen molar-refractivity contribution in [3.05, 3.63) is 52.6 Å². The Labute approximate surface area is 226 Å². The van der Waals surface area contributed by atoms with E-state index in [1.165, 1.54) is 5.56 Å². The zero-order valence-corrected chi connectivity index (χ0v) is 23.0. The predicted molar refractivity (Wildman–Crippen MR) is 145 cm³/mol. The van der Waals surface area contributed by atoms with Gasteiger partial charge in [-0.25, -0.2) is 14.6 Å². The van der Waals surface area contributed by atoms with E-state index in [1.54, 1.807) is 22.1 Å². The Balaban J connectivity index is 1.19. The summed E-state index contributed by atoms with van der Waals surface area (Å²) in [5, 5.41) is 0. The molecule has 2 bridgehead atoms. The first kappa shape index (κ1) is 25.3. The molecule has 4 aliphatic rings. The molecule has 4 saturated heterocycles. The van der Waals surface area contributed by atoms with E-state index in [1.807, 2.05) is 20.2 Å². The molecule has 13 heteroatoms. The maximum atomic E-state index is 12.7. The van der Waals surface area contributed by atoms with E-state index in [-0.39, 0.29) is 29.2 Å². The molecule has 6 heterocycles. The number of ether oxygens (including phenoxy) is 2. The van der Waals surface area contributed by atoms with Gasteiger partial charge >= 0.3 is 0 Å². The van der Waals surface area contributed by atoms with E-state index in [4.69, 9.17) is 18.5 Å². The summed E-state index contributed by atoms with van der Waals surface area (Å²) < 4.78 is 30.6. The number of hydrogen-bond donors (Lipinski definition) is 1. The Morgan fingerprint density at radius 1 is 1.33 bits per heavy atom. The van der Waals surface area contributed by atoms with Gasteiger partial charge in [0.25, 0.3) is 14.1 Å². The summed E-state index contributed by atoms with van der Waals surface area (Å²) in [6, 6.07) is 10.7. The molecule has 39 heavy (non-hydrogen) atoms. The molecular weight excluding hydrogens is 521 g/mol. The first-order chi connectivity index (χ1) is 19.0. The van der Waals surface area contributed by atoms with Gasteiger partial charge in [0, 0.05) is 26.7 Å².